The summed E-state index contributed by atoms with van der Waals surface area (Å²) in [5.74, 6) is 0.348. The van der Waals surface area contributed by atoms with Crippen molar-refractivity contribution in [2.45, 2.75) is 19.4 Å². The van der Waals surface area contributed by atoms with Crippen molar-refractivity contribution in [1.82, 2.24) is 9.88 Å². The van der Waals surface area contributed by atoms with Crippen LogP contribution in [0.1, 0.15) is 18.5 Å². The molecular formula is C10H12N2O2. The number of hydrogen-bond acceptors (Lipinski definition) is 3. The van der Waals surface area contributed by atoms with Gasteiger partial charge in [-0.15, -0.1) is 0 Å². The van der Waals surface area contributed by atoms with Crippen molar-refractivity contribution in [3.05, 3.63) is 24.0 Å². The van der Waals surface area contributed by atoms with Crippen LogP contribution in [0, 0.1) is 0 Å². The molecule has 74 valence electrons. The van der Waals surface area contributed by atoms with E-state index >= 15 is 0 Å². The van der Waals surface area contributed by atoms with Gasteiger partial charge in [0.15, 0.2) is 0 Å². The van der Waals surface area contributed by atoms with Gasteiger partial charge < -0.3 is 10.0 Å². The van der Waals surface area contributed by atoms with E-state index in [4.69, 9.17) is 5.11 Å². The molecule has 2 heterocycles. The Labute approximate surface area is 82.2 Å². The molecule has 0 atom stereocenters. The van der Waals surface area contributed by atoms with Crippen LogP contribution in [0.5, 0.6) is 5.75 Å². The molecule has 1 aromatic heterocycles. The van der Waals surface area contributed by atoms with Crippen LogP contribution in [-0.2, 0) is 11.3 Å². The fourth-order valence-electron chi connectivity index (χ4n) is 1.58. The smallest absolute Gasteiger partial charge is 0.222 e. The maximum absolute atomic E-state index is 11.3. The topological polar surface area (TPSA) is 53.4 Å². The third kappa shape index (κ3) is 1.84. The Bertz CT molecular complexity index is 334. The fraction of sp³-hybridized carbons (Fsp3) is 0.400. The lowest BCUT2D eigenvalue weighted by Crippen LogP contribution is -2.24. The normalized spacial score (nSPS) is 16.3. The first kappa shape index (κ1) is 8.99. The van der Waals surface area contributed by atoms with Gasteiger partial charge in [-0.1, -0.05) is 0 Å². The SMILES string of the molecule is O=C1CCCN1Cc1ccc(O)cn1. The van der Waals surface area contributed by atoms with E-state index in [1.54, 1.807) is 17.0 Å². The molecule has 0 aromatic carbocycles. The minimum atomic E-state index is 0.154. The van der Waals surface area contributed by atoms with Crippen molar-refractivity contribution in [2.24, 2.45) is 0 Å². The number of aromatic hydroxyl groups is 1. The number of carbonyl (C=O) groups is 1. The molecule has 14 heavy (non-hydrogen) atoms. The Hall–Kier alpha value is -1.58. The van der Waals surface area contributed by atoms with Crippen LogP contribution in [-0.4, -0.2) is 27.4 Å². The molecule has 4 heteroatoms. The predicted octanol–water partition coefficient (Wildman–Crippen LogP) is 0.910. The van der Waals surface area contributed by atoms with Crippen molar-refractivity contribution in [3.63, 3.8) is 0 Å². The summed E-state index contributed by atoms with van der Waals surface area (Å²) in [6.45, 7) is 1.38. The quantitative estimate of drug-likeness (QED) is 0.757. The van der Waals surface area contributed by atoms with Gasteiger partial charge in [0.2, 0.25) is 5.91 Å². The van der Waals surface area contributed by atoms with Gasteiger partial charge in [0.1, 0.15) is 5.75 Å². The first-order chi connectivity index (χ1) is 6.75. The molecule has 1 aliphatic rings. The van der Waals surface area contributed by atoms with Gasteiger partial charge in [-0.3, -0.25) is 9.78 Å². The summed E-state index contributed by atoms with van der Waals surface area (Å²) < 4.78 is 0. The third-order valence-corrected chi connectivity index (χ3v) is 2.33. The Morgan fingerprint density at radius 3 is 2.93 bits per heavy atom. The number of hydrogen-bond donors (Lipinski definition) is 1. The van der Waals surface area contributed by atoms with Gasteiger partial charge in [0.25, 0.3) is 0 Å². The first-order valence-electron chi connectivity index (χ1n) is 4.67. The van der Waals surface area contributed by atoms with E-state index < -0.39 is 0 Å². The zero-order valence-electron chi connectivity index (χ0n) is 7.81. The van der Waals surface area contributed by atoms with E-state index in [0.717, 1.165) is 18.7 Å². The average Bonchev–Trinajstić information content (AvgIpc) is 2.56. The molecule has 1 saturated heterocycles. The number of amides is 1. The molecule has 0 bridgehead atoms. The number of carbonyl (C=O) groups excluding carboxylic acids is 1. The highest BCUT2D eigenvalue weighted by Crippen LogP contribution is 2.14. The zero-order valence-corrected chi connectivity index (χ0v) is 7.81. The largest absolute Gasteiger partial charge is 0.506 e. The van der Waals surface area contributed by atoms with E-state index in [2.05, 4.69) is 4.98 Å². The number of aromatic nitrogens is 1. The molecule has 0 unspecified atom stereocenters. The third-order valence-electron chi connectivity index (χ3n) is 2.33. The summed E-state index contributed by atoms with van der Waals surface area (Å²) >= 11 is 0. The molecule has 4 nitrogen and oxygen atoms in total. The lowest BCUT2D eigenvalue weighted by Gasteiger charge is -2.14. The van der Waals surface area contributed by atoms with Gasteiger partial charge in [0.05, 0.1) is 18.4 Å². The summed E-state index contributed by atoms with van der Waals surface area (Å²) in [6, 6.07) is 3.32. The van der Waals surface area contributed by atoms with E-state index in [0.29, 0.717) is 13.0 Å². The molecule has 0 saturated carbocycles. The molecule has 1 fully saturated rings. The van der Waals surface area contributed by atoms with Gasteiger partial charge in [-0.05, 0) is 18.6 Å². The number of nitrogens with zero attached hydrogens (tertiary/aromatic N) is 2. The second-order valence-electron chi connectivity index (χ2n) is 3.43. The highest BCUT2D eigenvalue weighted by atomic mass is 16.3. The van der Waals surface area contributed by atoms with Crippen molar-refractivity contribution in [1.29, 1.82) is 0 Å². The van der Waals surface area contributed by atoms with Crippen LogP contribution in [0.4, 0.5) is 0 Å². The zero-order chi connectivity index (χ0) is 9.97. The Kier molecular flexibility index (Phi) is 2.35. The van der Waals surface area contributed by atoms with Crippen molar-refractivity contribution in [2.75, 3.05) is 6.54 Å². The highest BCUT2D eigenvalue weighted by Gasteiger charge is 2.20. The molecule has 0 radical (unpaired) electrons. The minimum absolute atomic E-state index is 0.154. The molecule has 0 spiro atoms. The predicted molar refractivity (Wildman–Crippen MR) is 50.6 cm³/mol. The molecule has 2 rings (SSSR count). The molecule has 1 aromatic rings. The van der Waals surface area contributed by atoms with Crippen molar-refractivity contribution >= 4 is 5.91 Å². The number of rotatable bonds is 2. The van der Waals surface area contributed by atoms with Crippen LogP contribution < -0.4 is 0 Å². The fourth-order valence-corrected chi connectivity index (χ4v) is 1.58. The molecule has 0 aliphatic carbocycles. The van der Waals surface area contributed by atoms with Crippen molar-refractivity contribution in [3.8, 4) is 5.75 Å². The lowest BCUT2D eigenvalue weighted by molar-refractivity contribution is -0.128. The monoisotopic (exact) mass is 192 g/mol. The lowest BCUT2D eigenvalue weighted by atomic mass is 10.3. The molecule has 1 N–H and O–H groups in total. The summed E-state index contributed by atoms with van der Waals surface area (Å²) in [5.41, 5.74) is 0.818. The Balaban J connectivity index is 2.03. The second-order valence-corrected chi connectivity index (χ2v) is 3.43. The second kappa shape index (κ2) is 3.65. The van der Waals surface area contributed by atoms with E-state index in [9.17, 15) is 4.79 Å². The van der Waals surface area contributed by atoms with Gasteiger partial charge in [0, 0.05) is 13.0 Å². The molecule has 1 aliphatic heterocycles. The highest BCUT2D eigenvalue weighted by molar-refractivity contribution is 5.77. The van der Waals surface area contributed by atoms with Gasteiger partial charge in [-0.2, -0.15) is 0 Å². The van der Waals surface area contributed by atoms with Crippen LogP contribution in [0.25, 0.3) is 0 Å². The summed E-state index contributed by atoms with van der Waals surface area (Å²) in [6.07, 6.45) is 2.99. The summed E-state index contributed by atoms with van der Waals surface area (Å²) in [4.78, 5) is 17.1. The van der Waals surface area contributed by atoms with Gasteiger partial charge in [-0.25, -0.2) is 0 Å². The van der Waals surface area contributed by atoms with Crippen LogP contribution in [0.3, 0.4) is 0 Å². The Morgan fingerprint density at radius 1 is 1.50 bits per heavy atom. The summed E-state index contributed by atoms with van der Waals surface area (Å²) in [7, 11) is 0. The van der Waals surface area contributed by atoms with E-state index in [1.807, 2.05) is 0 Å². The maximum atomic E-state index is 11.3. The maximum Gasteiger partial charge on any atom is 0.222 e. The number of pyridine rings is 1. The van der Waals surface area contributed by atoms with Crippen molar-refractivity contribution < 1.29 is 9.90 Å². The van der Waals surface area contributed by atoms with Crippen LogP contribution in [0.2, 0.25) is 0 Å². The van der Waals surface area contributed by atoms with E-state index in [-0.39, 0.29) is 11.7 Å². The first-order valence-corrected chi connectivity index (χ1v) is 4.67. The van der Waals surface area contributed by atoms with Crippen LogP contribution >= 0.6 is 0 Å². The van der Waals surface area contributed by atoms with E-state index in [1.165, 1.54) is 6.20 Å². The molecular weight excluding hydrogens is 180 g/mol. The average molecular weight is 192 g/mol. The summed E-state index contributed by atoms with van der Waals surface area (Å²) in [5, 5.41) is 9.03. The standard InChI is InChI=1S/C10H12N2O2/c13-9-4-3-8(11-6-9)7-12-5-1-2-10(12)14/h3-4,6,13H,1-2,5,7H2. The van der Waals surface area contributed by atoms with Gasteiger partial charge >= 0.3 is 0 Å². The number of likely N-dealkylation sites (tertiary alicyclic amines) is 1. The minimum Gasteiger partial charge on any atom is -0.506 e. The Morgan fingerprint density at radius 2 is 2.36 bits per heavy atom. The molecule has 1 amide bonds. The van der Waals surface area contributed by atoms with Crippen LogP contribution in [0.15, 0.2) is 18.3 Å².